The maximum absolute atomic E-state index is 12.8. The van der Waals surface area contributed by atoms with Crippen molar-refractivity contribution in [3.8, 4) is 0 Å². The van der Waals surface area contributed by atoms with Gasteiger partial charge in [-0.25, -0.2) is 4.98 Å². The standard InChI is InChI=1S/C16H20N2OS/c1-11(2)16(7-8-17-10-16)14(19)9-15-18-12-5-3-4-6-13(12)20-15/h3-6,11,17H,7-10H2,1-2H3. The Labute approximate surface area is 123 Å². The lowest BCUT2D eigenvalue weighted by molar-refractivity contribution is -0.129. The number of carbonyl (C=O) groups is 1. The van der Waals surface area contributed by atoms with Gasteiger partial charge in [0.25, 0.3) is 0 Å². The third kappa shape index (κ3) is 2.27. The summed E-state index contributed by atoms with van der Waals surface area (Å²) in [6, 6.07) is 8.08. The van der Waals surface area contributed by atoms with Crippen LogP contribution in [0.1, 0.15) is 25.3 Å². The fraction of sp³-hybridized carbons (Fsp3) is 0.500. The van der Waals surface area contributed by atoms with Gasteiger partial charge in [0.2, 0.25) is 0 Å². The number of hydrogen-bond acceptors (Lipinski definition) is 4. The lowest BCUT2D eigenvalue weighted by Crippen LogP contribution is -2.39. The number of hydrogen-bond donors (Lipinski definition) is 1. The van der Waals surface area contributed by atoms with Crippen molar-refractivity contribution < 1.29 is 4.79 Å². The number of rotatable bonds is 4. The molecule has 1 aromatic heterocycles. The summed E-state index contributed by atoms with van der Waals surface area (Å²) in [5.74, 6) is 0.718. The highest BCUT2D eigenvalue weighted by Gasteiger charge is 2.43. The minimum Gasteiger partial charge on any atom is -0.316 e. The number of Topliss-reactive ketones (excluding diaryl/α,β-unsaturated/α-hetero) is 1. The van der Waals surface area contributed by atoms with Crippen molar-refractivity contribution >= 4 is 27.3 Å². The number of aromatic nitrogens is 1. The van der Waals surface area contributed by atoms with E-state index in [1.165, 1.54) is 4.70 Å². The quantitative estimate of drug-likeness (QED) is 0.940. The summed E-state index contributed by atoms with van der Waals surface area (Å²) in [5, 5.41) is 4.30. The van der Waals surface area contributed by atoms with Gasteiger partial charge in [0.05, 0.1) is 16.6 Å². The second-order valence-corrected chi connectivity index (χ2v) is 7.03. The number of nitrogens with zero attached hydrogens (tertiary/aromatic N) is 1. The van der Waals surface area contributed by atoms with Gasteiger partial charge in [0, 0.05) is 12.0 Å². The van der Waals surface area contributed by atoms with Gasteiger partial charge in [-0.15, -0.1) is 11.3 Å². The monoisotopic (exact) mass is 288 g/mol. The van der Waals surface area contributed by atoms with Crippen LogP contribution in [0.25, 0.3) is 10.2 Å². The topological polar surface area (TPSA) is 42.0 Å². The fourth-order valence-electron chi connectivity index (χ4n) is 3.07. The number of carbonyl (C=O) groups excluding carboxylic acids is 1. The number of nitrogens with one attached hydrogen (secondary N) is 1. The van der Waals surface area contributed by atoms with E-state index in [-0.39, 0.29) is 5.41 Å². The van der Waals surface area contributed by atoms with Gasteiger partial charge in [-0.2, -0.15) is 0 Å². The van der Waals surface area contributed by atoms with E-state index in [9.17, 15) is 4.79 Å². The molecular weight excluding hydrogens is 268 g/mol. The van der Waals surface area contributed by atoms with E-state index < -0.39 is 0 Å². The van der Waals surface area contributed by atoms with Gasteiger partial charge in [-0.05, 0) is 31.0 Å². The van der Waals surface area contributed by atoms with Crippen molar-refractivity contribution in [3.63, 3.8) is 0 Å². The lowest BCUT2D eigenvalue weighted by atomic mass is 9.72. The Morgan fingerprint density at radius 1 is 1.45 bits per heavy atom. The number of thiazole rings is 1. The van der Waals surface area contributed by atoms with Crippen LogP contribution < -0.4 is 5.32 Å². The summed E-state index contributed by atoms with van der Waals surface area (Å²) in [4.78, 5) is 17.4. The molecule has 3 rings (SSSR count). The third-order valence-corrected chi connectivity index (χ3v) is 5.54. The predicted molar refractivity (Wildman–Crippen MR) is 83.1 cm³/mol. The molecule has 0 amide bonds. The maximum atomic E-state index is 12.8. The van der Waals surface area contributed by atoms with Gasteiger partial charge in [-0.3, -0.25) is 4.79 Å². The normalized spacial score (nSPS) is 22.8. The Hall–Kier alpha value is -1.26. The molecule has 4 heteroatoms. The van der Waals surface area contributed by atoms with Crippen LogP contribution in [0.2, 0.25) is 0 Å². The molecular formula is C16H20N2OS. The van der Waals surface area contributed by atoms with Gasteiger partial charge >= 0.3 is 0 Å². The van der Waals surface area contributed by atoms with E-state index in [4.69, 9.17) is 0 Å². The SMILES string of the molecule is CC(C)C1(C(=O)Cc2nc3ccccc3s2)CCNC1. The molecule has 1 N–H and O–H groups in total. The molecule has 0 aliphatic carbocycles. The van der Waals surface area contributed by atoms with Crippen LogP contribution >= 0.6 is 11.3 Å². The van der Waals surface area contributed by atoms with Crippen molar-refractivity contribution in [2.45, 2.75) is 26.7 Å². The van der Waals surface area contributed by atoms with Gasteiger partial charge in [0.1, 0.15) is 10.8 Å². The lowest BCUT2D eigenvalue weighted by Gasteiger charge is -2.30. The molecule has 2 aromatic rings. The number of ketones is 1. The highest BCUT2D eigenvalue weighted by molar-refractivity contribution is 7.18. The summed E-state index contributed by atoms with van der Waals surface area (Å²) < 4.78 is 1.17. The average molecular weight is 288 g/mol. The Bertz CT molecular complexity index is 593. The van der Waals surface area contributed by atoms with E-state index in [0.717, 1.165) is 30.0 Å². The third-order valence-electron chi connectivity index (χ3n) is 4.50. The number of benzene rings is 1. The van der Waals surface area contributed by atoms with E-state index in [0.29, 0.717) is 18.1 Å². The summed E-state index contributed by atoms with van der Waals surface area (Å²) in [6.45, 7) is 6.07. The molecule has 1 unspecified atom stereocenters. The zero-order valence-electron chi connectivity index (χ0n) is 12.0. The molecule has 2 heterocycles. The van der Waals surface area contributed by atoms with E-state index in [2.05, 4.69) is 30.2 Å². The van der Waals surface area contributed by atoms with Crippen LogP contribution in [-0.4, -0.2) is 23.9 Å². The molecule has 1 atom stereocenters. The first-order chi connectivity index (χ1) is 9.62. The minimum atomic E-state index is -0.197. The largest absolute Gasteiger partial charge is 0.316 e. The number of para-hydroxylation sites is 1. The zero-order valence-corrected chi connectivity index (χ0v) is 12.8. The summed E-state index contributed by atoms with van der Waals surface area (Å²) in [7, 11) is 0. The molecule has 20 heavy (non-hydrogen) atoms. The molecule has 0 saturated carbocycles. The molecule has 1 saturated heterocycles. The summed E-state index contributed by atoms with van der Waals surface area (Å²) in [5.41, 5.74) is 0.807. The minimum absolute atomic E-state index is 0.197. The van der Waals surface area contributed by atoms with Crippen molar-refractivity contribution in [2.75, 3.05) is 13.1 Å². The Kier molecular flexibility index (Phi) is 3.61. The maximum Gasteiger partial charge on any atom is 0.147 e. The van der Waals surface area contributed by atoms with Crippen LogP contribution in [-0.2, 0) is 11.2 Å². The molecule has 0 radical (unpaired) electrons. The van der Waals surface area contributed by atoms with Crippen LogP contribution in [0.5, 0.6) is 0 Å². The van der Waals surface area contributed by atoms with Crippen molar-refractivity contribution in [3.05, 3.63) is 29.3 Å². The first-order valence-corrected chi connectivity index (χ1v) is 8.02. The van der Waals surface area contributed by atoms with Crippen LogP contribution in [0.3, 0.4) is 0 Å². The van der Waals surface area contributed by atoms with Crippen LogP contribution in [0.15, 0.2) is 24.3 Å². The van der Waals surface area contributed by atoms with Gasteiger partial charge < -0.3 is 5.32 Å². The van der Waals surface area contributed by atoms with E-state index in [1.54, 1.807) is 11.3 Å². The fourth-order valence-corrected chi connectivity index (χ4v) is 4.04. The molecule has 1 aliphatic rings. The predicted octanol–water partition coefficient (Wildman–Crippen LogP) is 3.04. The van der Waals surface area contributed by atoms with Gasteiger partial charge in [-0.1, -0.05) is 26.0 Å². The highest BCUT2D eigenvalue weighted by atomic mass is 32.1. The smallest absolute Gasteiger partial charge is 0.147 e. The first-order valence-electron chi connectivity index (χ1n) is 7.20. The van der Waals surface area contributed by atoms with E-state index in [1.807, 2.05) is 18.2 Å². The average Bonchev–Trinajstić information content (AvgIpc) is 3.05. The Morgan fingerprint density at radius 3 is 2.90 bits per heavy atom. The van der Waals surface area contributed by atoms with Crippen molar-refractivity contribution in [2.24, 2.45) is 11.3 Å². The van der Waals surface area contributed by atoms with Crippen LogP contribution in [0.4, 0.5) is 0 Å². The summed E-state index contributed by atoms with van der Waals surface area (Å²) in [6.07, 6.45) is 1.42. The molecule has 1 aromatic carbocycles. The van der Waals surface area contributed by atoms with Gasteiger partial charge in [0.15, 0.2) is 0 Å². The van der Waals surface area contributed by atoms with Crippen LogP contribution in [0, 0.1) is 11.3 Å². The molecule has 3 nitrogen and oxygen atoms in total. The second-order valence-electron chi connectivity index (χ2n) is 5.91. The molecule has 1 fully saturated rings. The van der Waals surface area contributed by atoms with Crippen molar-refractivity contribution in [1.82, 2.24) is 10.3 Å². The Morgan fingerprint density at radius 2 is 2.25 bits per heavy atom. The Balaban J connectivity index is 1.84. The first kappa shape index (κ1) is 13.7. The molecule has 0 bridgehead atoms. The second kappa shape index (κ2) is 5.26. The zero-order chi connectivity index (χ0) is 14.2. The van der Waals surface area contributed by atoms with E-state index >= 15 is 0 Å². The number of fused-ring (bicyclic) bond motifs is 1. The molecule has 0 spiro atoms. The summed E-state index contributed by atoms with van der Waals surface area (Å²) >= 11 is 1.64. The molecule has 1 aliphatic heterocycles. The highest BCUT2D eigenvalue weighted by Crippen LogP contribution is 2.36. The molecule has 106 valence electrons. The van der Waals surface area contributed by atoms with Crippen molar-refractivity contribution in [1.29, 1.82) is 0 Å².